The topological polar surface area (TPSA) is 46.5 Å². The highest BCUT2D eigenvalue weighted by molar-refractivity contribution is 9.10. The van der Waals surface area contributed by atoms with E-state index in [1.807, 2.05) is 0 Å². The molecule has 3 nitrogen and oxygen atoms in total. The van der Waals surface area contributed by atoms with Crippen LogP contribution in [0, 0.1) is 5.82 Å². The number of benzene rings is 2. The van der Waals surface area contributed by atoms with Gasteiger partial charge in [-0.05, 0) is 52.7 Å². The second kappa shape index (κ2) is 6.05. The Morgan fingerprint density at radius 1 is 1.25 bits per heavy atom. The highest BCUT2D eigenvalue weighted by Gasteiger charge is 2.16. The van der Waals surface area contributed by atoms with E-state index in [9.17, 15) is 14.3 Å². The van der Waals surface area contributed by atoms with Crippen molar-refractivity contribution in [3.8, 4) is 11.5 Å². The standard InChI is InChI=1S/C15H12BrFO3/c1-9(18)14-13(7-6-12(16)15(14)19)20-8-10-2-4-11(17)5-3-10/h2-7,19H,8H2,1H3. The number of halogens is 2. The molecule has 0 bridgehead atoms. The summed E-state index contributed by atoms with van der Waals surface area (Å²) in [6.07, 6.45) is 0. The molecule has 2 aromatic carbocycles. The van der Waals surface area contributed by atoms with Crippen molar-refractivity contribution in [3.63, 3.8) is 0 Å². The van der Waals surface area contributed by atoms with Crippen LogP contribution in [-0.4, -0.2) is 10.9 Å². The Labute approximate surface area is 124 Å². The van der Waals surface area contributed by atoms with Gasteiger partial charge in [0.2, 0.25) is 0 Å². The number of ether oxygens (including phenoxy) is 1. The number of ketones is 1. The third-order valence-corrected chi connectivity index (χ3v) is 3.39. The summed E-state index contributed by atoms with van der Waals surface area (Å²) in [5, 5.41) is 9.89. The number of carbonyl (C=O) groups is 1. The highest BCUT2D eigenvalue weighted by atomic mass is 79.9. The third-order valence-electron chi connectivity index (χ3n) is 2.75. The molecule has 5 heteroatoms. The first-order valence-corrected chi connectivity index (χ1v) is 6.68. The highest BCUT2D eigenvalue weighted by Crippen LogP contribution is 2.35. The van der Waals surface area contributed by atoms with Crippen molar-refractivity contribution in [1.29, 1.82) is 0 Å². The number of rotatable bonds is 4. The van der Waals surface area contributed by atoms with Gasteiger partial charge in [-0.3, -0.25) is 4.79 Å². The molecule has 0 heterocycles. The van der Waals surface area contributed by atoms with Gasteiger partial charge in [-0.15, -0.1) is 0 Å². The molecule has 0 aromatic heterocycles. The molecule has 0 fully saturated rings. The van der Waals surface area contributed by atoms with Crippen molar-refractivity contribution >= 4 is 21.7 Å². The zero-order valence-electron chi connectivity index (χ0n) is 10.7. The van der Waals surface area contributed by atoms with Crippen molar-refractivity contribution < 1.29 is 19.0 Å². The minimum absolute atomic E-state index is 0.126. The molecule has 0 unspecified atom stereocenters. The number of hydrogen-bond acceptors (Lipinski definition) is 3. The first-order chi connectivity index (χ1) is 9.49. The third kappa shape index (κ3) is 3.17. The van der Waals surface area contributed by atoms with Gasteiger partial charge in [0.1, 0.15) is 29.5 Å². The van der Waals surface area contributed by atoms with Crippen LogP contribution in [0.4, 0.5) is 4.39 Å². The molecule has 2 rings (SSSR count). The van der Waals surface area contributed by atoms with Crippen molar-refractivity contribution in [1.82, 2.24) is 0 Å². The summed E-state index contributed by atoms with van der Waals surface area (Å²) >= 11 is 3.15. The van der Waals surface area contributed by atoms with E-state index >= 15 is 0 Å². The maximum absolute atomic E-state index is 12.8. The van der Waals surface area contributed by atoms with E-state index < -0.39 is 0 Å². The molecule has 2 aromatic rings. The van der Waals surface area contributed by atoms with Gasteiger partial charge in [0, 0.05) is 0 Å². The van der Waals surface area contributed by atoms with Gasteiger partial charge < -0.3 is 9.84 Å². The minimum atomic E-state index is -0.320. The van der Waals surface area contributed by atoms with Crippen LogP contribution in [0.2, 0.25) is 0 Å². The largest absolute Gasteiger partial charge is 0.506 e. The monoisotopic (exact) mass is 338 g/mol. The van der Waals surface area contributed by atoms with Crippen molar-refractivity contribution in [2.24, 2.45) is 0 Å². The Morgan fingerprint density at radius 3 is 2.50 bits per heavy atom. The van der Waals surface area contributed by atoms with Gasteiger partial charge in [0.05, 0.1) is 4.47 Å². The maximum Gasteiger partial charge on any atom is 0.167 e. The van der Waals surface area contributed by atoms with Crippen molar-refractivity contribution in [2.45, 2.75) is 13.5 Å². The molecule has 0 spiro atoms. The van der Waals surface area contributed by atoms with Crippen LogP contribution in [0.25, 0.3) is 0 Å². The number of phenols is 1. The molecule has 20 heavy (non-hydrogen) atoms. The summed E-state index contributed by atoms with van der Waals surface area (Å²) in [7, 11) is 0. The van der Waals surface area contributed by atoms with Gasteiger partial charge in [-0.1, -0.05) is 12.1 Å². The van der Waals surface area contributed by atoms with Crippen molar-refractivity contribution in [3.05, 3.63) is 57.8 Å². The first-order valence-electron chi connectivity index (χ1n) is 5.88. The molecule has 0 amide bonds. The summed E-state index contributed by atoms with van der Waals surface area (Å²) in [6, 6.07) is 9.07. The zero-order valence-corrected chi connectivity index (χ0v) is 12.3. The normalized spacial score (nSPS) is 10.3. The maximum atomic E-state index is 12.8. The second-order valence-electron chi connectivity index (χ2n) is 4.24. The van der Waals surface area contributed by atoms with Crippen molar-refractivity contribution in [2.75, 3.05) is 0 Å². The second-order valence-corrected chi connectivity index (χ2v) is 5.09. The number of Topliss-reactive ketones (excluding diaryl/α,β-unsaturated/α-hetero) is 1. The Bertz CT molecular complexity index is 638. The van der Waals surface area contributed by atoms with E-state index in [-0.39, 0.29) is 29.5 Å². The van der Waals surface area contributed by atoms with Crippen LogP contribution in [-0.2, 0) is 6.61 Å². The lowest BCUT2D eigenvalue weighted by molar-refractivity contribution is 0.101. The number of phenolic OH excluding ortho intramolecular Hbond substituents is 1. The summed E-state index contributed by atoms with van der Waals surface area (Å²) < 4.78 is 18.8. The zero-order chi connectivity index (χ0) is 14.7. The Kier molecular flexibility index (Phi) is 4.39. The molecule has 0 saturated carbocycles. The quantitative estimate of drug-likeness (QED) is 0.854. The lowest BCUT2D eigenvalue weighted by atomic mass is 10.1. The molecule has 0 atom stereocenters. The Balaban J connectivity index is 2.23. The van der Waals surface area contributed by atoms with Gasteiger partial charge in [-0.25, -0.2) is 4.39 Å². The number of hydrogen-bond donors (Lipinski definition) is 1. The molecular formula is C15H12BrFO3. The Hall–Kier alpha value is -1.88. The fraction of sp³-hybridized carbons (Fsp3) is 0.133. The predicted octanol–water partition coefficient (Wildman–Crippen LogP) is 4.08. The first kappa shape index (κ1) is 14.5. The molecule has 0 aliphatic carbocycles. The van der Waals surface area contributed by atoms with Crippen LogP contribution in [0.5, 0.6) is 11.5 Å². The summed E-state index contributed by atoms with van der Waals surface area (Å²) in [5.74, 6) is -0.464. The van der Waals surface area contributed by atoms with E-state index in [1.165, 1.54) is 19.1 Å². The summed E-state index contributed by atoms with van der Waals surface area (Å²) in [6.45, 7) is 1.54. The van der Waals surface area contributed by atoms with Gasteiger partial charge >= 0.3 is 0 Å². The average Bonchev–Trinajstić information content (AvgIpc) is 2.41. The summed E-state index contributed by atoms with van der Waals surface area (Å²) in [5.41, 5.74) is 0.893. The van der Waals surface area contributed by atoms with E-state index in [4.69, 9.17) is 4.74 Å². The van der Waals surface area contributed by atoms with Gasteiger partial charge in [0.25, 0.3) is 0 Å². The molecule has 104 valence electrons. The SMILES string of the molecule is CC(=O)c1c(OCc2ccc(F)cc2)ccc(Br)c1O. The Morgan fingerprint density at radius 2 is 1.90 bits per heavy atom. The predicted molar refractivity (Wildman–Crippen MR) is 76.5 cm³/mol. The van der Waals surface area contributed by atoms with Crippen LogP contribution in [0.15, 0.2) is 40.9 Å². The number of aromatic hydroxyl groups is 1. The van der Waals surface area contributed by atoms with Gasteiger partial charge in [0.15, 0.2) is 5.78 Å². The van der Waals surface area contributed by atoms with E-state index in [0.29, 0.717) is 10.2 Å². The van der Waals surface area contributed by atoms with E-state index in [1.54, 1.807) is 24.3 Å². The lowest BCUT2D eigenvalue weighted by Gasteiger charge is -2.12. The molecule has 0 aliphatic heterocycles. The van der Waals surface area contributed by atoms with E-state index in [2.05, 4.69) is 15.9 Å². The molecule has 0 radical (unpaired) electrons. The minimum Gasteiger partial charge on any atom is -0.506 e. The van der Waals surface area contributed by atoms with Crippen LogP contribution in [0.1, 0.15) is 22.8 Å². The molecule has 0 aliphatic rings. The molecular weight excluding hydrogens is 327 g/mol. The summed E-state index contributed by atoms with van der Waals surface area (Å²) in [4.78, 5) is 11.6. The van der Waals surface area contributed by atoms with Crippen LogP contribution in [0.3, 0.4) is 0 Å². The van der Waals surface area contributed by atoms with E-state index in [0.717, 1.165) is 5.56 Å². The number of carbonyl (C=O) groups excluding carboxylic acids is 1. The molecule has 1 N–H and O–H groups in total. The average molecular weight is 339 g/mol. The van der Waals surface area contributed by atoms with Crippen LogP contribution >= 0.6 is 15.9 Å². The molecule has 0 saturated heterocycles. The fourth-order valence-corrected chi connectivity index (χ4v) is 2.08. The van der Waals surface area contributed by atoms with Crippen LogP contribution < -0.4 is 4.74 Å². The smallest absolute Gasteiger partial charge is 0.167 e. The lowest BCUT2D eigenvalue weighted by Crippen LogP contribution is -2.02. The van der Waals surface area contributed by atoms with Gasteiger partial charge in [-0.2, -0.15) is 0 Å². The fourth-order valence-electron chi connectivity index (χ4n) is 1.75.